The molecule has 2 rings (SSSR count). The Labute approximate surface area is 91.7 Å². The van der Waals surface area contributed by atoms with Crippen LogP contribution in [-0.2, 0) is 6.54 Å². The highest BCUT2D eigenvalue weighted by Gasteiger charge is 2.01. The summed E-state index contributed by atoms with van der Waals surface area (Å²) in [4.78, 5) is 4.19. The highest BCUT2D eigenvalue weighted by atomic mass is 32.2. The van der Waals surface area contributed by atoms with E-state index in [4.69, 9.17) is 10.2 Å². The molecule has 0 unspecified atom stereocenters. The van der Waals surface area contributed by atoms with E-state index in [0.29, 0.717) is 10.9 Å². The molecule has 2 heterocycles. The molecule has 0 fully saturated rings. The minimum atomic E-state index is 0.687. The molecule has 5 nitrogen and oxygen atoms in total. The summed E-state index contributed by atoms with van der Waals surface area (Å²) in [5, 5.41) is 4.78. The van der Waals surface area contributed by atoms with Crippen LogP contribution in [-0.4, -0.2) is 20.5 Å². The van der Waals surface area contributed by atoms with Gasteiger partial charge in [-0.15, -0.1) is 0 Å². The third kappa shape index (κ3) is 2.76. The fourth-order valence-corrected chi connectivity index (χ4v) is 1.90. The molecular weight excluding hydrogens is 212 g/mol. The van der Waals surface area contributed by atoms with Crippen LogP contribution in [0, 0.1) is 6.92 Å². The van der Waals surface area contributed by atoms with E-state index >= 15 is 0 Å². The number of nitrogen functional groups attached to an aromatic ring is 1. The first-order chi connectivity index (χ1) is 7.24. The molecule has 0 spiro atoms. The third-order valence-electron chi connectivity index (χ3n) is 1.80. The second kappa shape index (κ2) is 4.39. The number of oxazole rings is 1. The summed E-state index contributed by atoms with van der Waals surface area (Å²) in [5.41, 5.74) is 7.13. The monoisotopic (exact) mass is 224 g/mol. The van der Waals surface area contributed by atoms with Crippen LogP contribution < -0.4 is 5.73 Å². The Morgan fingerprint density at radius 1 is 1.60 bits per heavy atom. The Balaban J connectivity index is 1.80. The topological polar surface area (TPSA) is 69.9 Å². The zero-order chi connectivity index (χ0) is 10.7. The van der Waals surface area contributed by atoms with Crippen molar-refractivity contribution in [1.82, 2.24) is 14.8 Å². The largest absolute Gasteiger partial charge is 0.440 e. The maximum Gasteiger partial charge on any atom is 0.255 e. The number of aromatic nitrogens is 3. The highest BCUT2D eigenvalue weighted by molar-refractivity contribution is 7.99. The lowest BCUT2D eigenvalue weighted by molar-refractivity contribution is 0.453. The van der Waals surface area contributed by atoms with Crippen LogP contribution in [0.25, 0.3) is 0 Å². The smallest absolute Gasteiger partial charge is 0.255 e. The van der Waals surface area contributed by atoms with Gasteiger partial charge in [-0.1, -0.05) is 11.8 Å². The van der Waals surface area contributed by atoms with Gasteiger partial charge < -0.3 is 10.2 Å². The van der Waals surface area contributed by atoms with Gasteiger partial charge in [0.15, 0.2) is 0 Å². The van der Waals surface area contributed by atoms with Crippen molar-refractivity contribution in [3.8, 4) is 0 Å². The van der Waals surface area contributed by atoms with Gasteiger partial charge in [-0.05, 0) is 6.92 Å². The number of nitrogens with zero attached hydrogens (tertiary/aromatic N) is 3. The van der Waals surface area contributed by atoms with Gasteiger partial charge in [-0.2, -0.15) is 5.10 Å². The standard InChI is InChI=1S/C9H12N4OS/c1-7-6-14-9(12-7)15-3-2-13-5-8(10)4-11-13/h4-6H,2-3,10H2,1H3. The first kappa shape index (κ1) is 10.1. The van der Waals surface area contributed by atoms with Gasteiger partial charge in [0.05, 0.1) is 24.1 Å². The summed E-state index contributed by atoms with van der Waals surface area (Å²) < 4.78 is 7.01. The summed E-state index contributed by atoms with van der Waals surface area (Å²) >= 11 is 1.57. The number of nitrogens with two attached hydrogens (primary N) is 1. The molecule has 80 valence electrons. The van der Waals surface area contributed by atoms with Gasteiger partial charge >= 0.3 is 0 Å². The van der Waals surface area contributed by atoms with E-state index in [0.717, 1.165) is 18.0 Å². The summed E-state index contributed by atoms with van der Waals surface area (Å²) in [6.07, 6.45) is 5.09. The lowest BCUT2D eigenvalue weighted by Crippen LogP contribution is -2.00. The molecule has 0 atom stereocenters. The molecule has 0 aromatic carbocycles. The molecular formula is C9H12N4OS. The molecule has 0 saturated carbocycles. The molecule has 0 bridgehead atoms. The van der Waals surface area contributed by atoms with Gasteiger partial charge in [0.2, 0.25) is 0 Å². The van der Waals surface area contributed by atoms with E-state index in [2.05, 4.69) is 10.1 Å². The van der Waals surface area contributed by atoms with Crippen LogP contribution in [0.3, 0.4) is 0 Å². The molecule has 2 aromatic heterocycles. The summed E-state index contributed by atoms with van der Waals surface area (Å²) in [5.74, 6) is 0.862. The second-order valence-electron chi connectivity index (χ2n) is 3.14. The van der Waals surface area contributed by atoms with Gasteiger partial charge in [0.1, 0.15) is 6.26 Å². The Morgan fingerprint density at radius 2 is 2.47 bits per heavy atom. The van der Waals surface area contributed by atoms with E-state index in [-0.39, 0.29) is 0 Å². The average molecular weight is 224 g/mol. The number of aryl methyl sites for hydroxylation is 2. The highest BCUT2D eigenvalue weighted by Crippen LogP contribution is 2.16. The van der Waals surface area contributed by atoms with Gasteiger partial charge in [0.25, 0.3) is 5.22 Å². The van der Waals surface area contributed by atoms with Crippen molar-refractivity contribution >= 4 is 17.4 Å². The number of anilines is 1. The Hall–Kier alpha value is -1.43. The molecule has 0 saturated heterocycles. The molecule has 2 N–H and O–H groups in total. The predicted molar refractivity (Wildman–Crippen MR) is 58.6 cm³/mol. The SMILES string of the molecule is Cc1coc(SCCn2cc(N)cn2)n1. The second-order valence-corrected chi connectivity index (χ2v) is 4.19. The molecule has 0 aliphatic carbocycles. The fourth-order valence-electron chi connectivity index (χ4n) is 1.13. The summed E-state index contributed by atoms with van der Waals surface area (Å²) in [6.45, 7) is 2.70. The van der Waals surface area contributed by atoms with Crippen molar-refractivity contribution in [2.24, 2.45) is 0 Å². The lowest BCUT2D eigenvalue weighted by atomic mass is 10.6. The maximum atomic E-state index is 5.54. The quantitative estimate of drug-likeness (QED) is 0.798. The molecule has 2 aromatic rings. The van der Waals surface area contributed by atoms with E-state index in [9.17, 15) is 0 Å². The first-order valence-electron chi connectivity index (χ1n) is 4.57. The number of hydrogen-bond acceptors (Lipinski definition) is 5. The molecule has 0 aliphatic rings. The zero-order valence-corrected chi connectivity index (χ0v) is 9.20. The minimum Gasteiger partial charge on any atom is -0.440 e. The van der Waals surface area contributed by atoms with E-state index in [1.165, 1.54) is 0 Å². The lowest BCUT2D eigenvalue weighted by Gasteiger charge is -1.97. The van der Waals surface area contributed by atoms with Crippen molar-refractivity contribution in [2.45, 2.75) is 18.7 Å². The minimum absolute atomic E-state index is 0.687. The number of rotatable bonds is 4. The molecule has 6 heteroatoms. The van der Waals surface area contributed by atoms with Crippen LogP contribution >= 0.6 is 11.8 Å². The molecule has 0 amide bonds. The van der Waals surface area contributed by atoms with Crippen LogP contribution in [0.5, 0.6) is 0 Å². The van der Waals surface area contributed by atoms with Crippen LogP contribution in [0.4, 0.5) is 5.69 Å². The number of hydrogen-bond donors (Lipinski definition) is 1. The predicted octanol–water partition coefficient (Wildman–Crippen LogP) is 1.55. The summed E-state index contributed by atoms with van der Waals surface area (Å²) in [7, 11) is 0. The van der Waals surface area contributed by atoms with Gasteiger partial charge in [-0.3, -0.25) is 4.68 Å². The van der Waals surface area contributed by atoms with Crippen molar-refractivity contribution in [3.05, 3.63) is 24.4 Å². The van der Waals surface area contributed by atoms with Crippen molar-refractivity contribution in [3.63, 3.8) is 0 Å². The molecule has 0 radical (unpaired) electrons. The van der Waals surface area contributed by atoms with Crippen LogP contribution in [0.2, 0.25) is 0 Å². The van der Waals surface area contributed by atoms with Gasteiger partial charge in [-0.25, -0.2) is 4.98 Å². The first-order valence-corrected chi connectivity index (χ1v) is 5.55. The average Bonchev–Trinajstić information content (AvgIpc) is 2.76. The van der Waals surface area contributed by atoms with Crippen molar-refractivity contribution < 1.29 is 4.42 Å². The van der Waals surface area contributed by atoms with Crippen molar-refractivity contribution in [2.75, 3.05) is 11.5 Å². The maximum absolute atomic E-state index is 5.54. The fraction of sp³-hybridized carbons (Fsp3) is 0.333. The Morgan fingerprint density at radius 3 is 3.07 bits per heavy atom. The molecule has 0 aliphatic heterocycles. The van der Waals surface area contributed by atoms with Crippen molar-refractivity contribution in [1.29, 1.82) is 0 Å². The van der Waals surface area contributed by atoms with Crippen LogP contribution in [0.1, 0.15) is 5.69 Å². The summed E-state index contributed by atoms with van der Waals surface area (Å²) in [6, 6.07) is 0. The zero-order valence-electron chi connectivity index (χ0n) is 8.38. The Kier molecular flexibility index (Phi) is 2.96. The van der Waals surface area contributed by atoms with Gasteiger partial charge in [0, 0.05) is 11.9 Å². The molecule has 15 heavy (non-hydrogen) atoms. The third-order valence-corrected chi connectivity index (χ3v) is 2.62. The van der Waals surface area contributed by atoms with E-state index in [1.54, 1.807) is 35.1 Å². The normalized spacial score (nSPS) is 10.7. The number of thioether (sulfide) groups is 1. The van der Waals surface area contributed by atoms with Crippen LogP contribution in [0.15, 0.2) is 28.3 Å². The Bertz CT molecular complexity index is 397. The van der Waals surface area contributed by atoms with E-state index < -0.39 is 0 Å². The van der Waals surface area contributed by atoms with E-state index in [1.807, 2.05) is 6.92 Å².